The summed E-state index contributed by atoms with van der Waals surface area (Å²) in [6.45, 7) is 2.67. The molecule has 0 radical (unpaired) electrons. The van der Waals surface area contributed by atoms with E-state index in [0.29, 0.717) is 16.8 Å². The van der Waals surface area contributed by atoms with Gasteiger partial charge in [-0.15, -0.1) is 0 Å². The lowest BCUT2D eigenvalue weighted by Crippen LogP contribution is -2.24. The third-order valence-electron chi connectivity index (χ3n) is 4.91. The van der Waals surface area contributed by atoms with Crippen molar-refractivity contribution in [2.45, 2.75) is 26.6 Å². The topological polar surface area (TPSA) is 90.0 Å². The van der Waals surface area contributed by atoms with Crippen molar-refractivity contribution >= 4 is 22.6 Å². The zero-order valence-electron chi connectivity index (χ0n) is 17.3. The van der Waals surface area contributed by atoms with Crippen LogP contribution >= 0.6 is 0 Å². The Labute approximate surface area is 183 Å². The number of amides is 1. The number of hydrogen-bond donors (Lipinski definition) is 1. The Balaban J connectivity index is 1.83. The molecule has 2 aromatic carbocycles. The average molecular weight is 460 g/mol. The molecule has 1 N–H and O–H groups in total. The zero-order chi connectivity index (χ0) is 23.9. The van der Waals surface area contributed by atoms with Crippen LogP contribution in [0.25, 0.3) is 22.2 Å². The number of rotatable bonds is 4. The van der Waals surface area contributed by atoms with Crippen LogP contribution in [-0.2, 0) is 17.5 Å². The minimum absolute atomic E-state index is 0.0709. The summed E-state index contributed by atoms with van der Waals surface area (Å²) in [7, 11) is 0. The van der Waals surface area contributed by atoms with Gasteiger partial charge in [-0.25, -0.2) is 9.07 Å². The van der Waals surface area contributed by atoms with E-state index in [1.165, 1.54) is 31.2 Å². The predicted octanol–water partition coefficient (Wildman–Crippen LogP) is 4.52. The number of carbonyl (C=O) groups is 1. The van der Waals surface area contributed by atoms with Gasteiger partial charge in [-0.2, -0.15) is 18.3 Å². The highest BCUT2D eigenvalue weighted by molar-refractivity contribution is 5.93. The van der Waals surface area contributed by atoms with Crippen molar-refractivity contribution in [3.63, 3.8) is 0 Å². The summed E-state index contributed by atoms with van der Waals surface area (Å²) in [5, 5.41) is 10.6. The van der Waals surface area contributed by atoms with Gasteiger partial charge in [0.15, 0.2) is 0 Å². The Kier molecular flexibility index (Phi) is 5.48. The van der Waals surface area contributed by atoms with Gasteiger partial charge in [0.25, 0.3) is 5.56 Å². The van der Waals surface area contributed by atoms with Crippen LogP contribution in [0.1, 0.15) is 23.7 Å². The van der Waals surface area contributed by atoms with Crippen molar-refractivity contribution in [2.24, 2.45) is 0 Å². The molecule has 0 unspecified atom stereocenters. The molecule has 0 aliphatic heterocycles. The van der Waals surface area contributed by atoms with Crippen molar-refractivity contribution in [3.8, 4) is 11.3 Å². The molecule has 11 heteroatoms. The van der Waals surface area contributed by atoms with E-state index in [1.54, 1.807) is 6.92 Å². The number of halogens is 4. The number of benzene rings is 2. The molecule has 0 spiro atoms. The summed E-state index contributed by atoms with van der Waals surface area (Å²) < 4.78 is 59.0. The number of fused-ring (bicyclic) bond motifs is 1. The highest BCUT2D eigenvalue weighted by Crippen LogP contribution is 2.31. The Bertz CT molecular complexity index is 1420. The van der Waals surface area contributed by atoms with E-state index in [2.05, 4.69) is 15.6 Å². The fourth-order valence-electron chi connectivity index (χ4n) is 3.35. The number of nitrogens with zero attached hydrogens (tertiary/aromatic N) is 3. The lowest BCUT2D eigenvalue weighted by atomic mass is 10.1. The molecule has 170 valence electrons. The molecule has 2 aromatic heterocycles. The van der Waals surface area contributed by atoms with E-state index in [0.717, 1.165) is 22.9 Å². The first-order valence-electron chi connectivity index (χ1n) is 9.65. The summed E-state index contributed by atoms with van der Waals surface area (Å²) in [5.41, 5.74) is -0.176. The van der Waals surface area contributed by atoms with E-state index in [1.807, 2.05) is 0 Å². The standard InChI is InChI=1S/C22H16F4N4O3/c1-11-18-20(33-29-11)19(14-5-8-16(23)17(9-14)27-12(2)31)28-30(21(18)32)10-13-3-6-15(7-4-13)22(24,25)26/h3-9H,10H2,1-2H3,(H,27,31). The van der Waals surface area contributed by atoms with E-state index in [-0.39, 0.29) is 28.9 Å². The van der Waals surface area contributed by atoms with Gasteiger partial charge < -0.3 is 9.84 Å². The molecule has 0 saturated heterocycles. The summed E-state index contributed by atoms with van der Waals surface area (Å²) in [6, 6.07) is 8.22. The highest BCUT2D eigenvalue weighted by Gasteiger charge is 2.30. The average Bonchev–Trinajstić information content (AvgIpc) is 3.13. The Morgan fingerprint density at radius 2 is 1.85 bits per heavy atom. The van der Waals surface area contributed by atoms with Gasteiger partial charge in [0, 0.05) is 12.5 Å². The van der Waals surface area contributed by atoms with Gasteiger partial charge in [-0.1, -0.05) is 17.3 Å². The molecular formula is C22H16F4N4O3. The van der Waals surface area contributed by atoms with Crippen LogP contribution in [0.15, 0.2) is 51.8 Å². The minimum atomic E-state index is -4.48. The highest BCUT2D eigenvalue weighted by atomic mass is 19.4. The first-order valence-corrected chi connectivity index (χ1v) is 9.65. The summed E-state index contributed by atoms with van der Waals surface area (Å²) in [6.07, 6.45) is -4.48. The smallest absolute Gasteiger partial charge is 0.353 e. The van der Waals surface area contributed by atoms with Crippen molar-refractivity contribution < 1.29 is 26.9 Å². The normalized spacial score (nSPS) is 11.7. The third-order valence-corrected chi connectivity index (χ3v) is 4.91. The number of aryl methyl sites for hydroxylation is 1. The molecule has 4 rings (SSSR count). The fourth-order valence-corrected chi connectivity index (χ4v) is 3.35. The van der Waals surface area contributed by atoms with Crippen LogP contribution < -0.4 is 10.9 Å². The van der Waals surface area contributed by atoms with Gasteiger partial charge in [-0.3, -0.25) is 9.59 Å². The van der Waals surface area contributed by atoms with Gasteiger partial charge in [0.1, 0.15) is 16.9 Å². The second kappa shape index (κ2) is 8.15. The molecule has 0 bridgehead atoms. The number of carbonyl (C=O) groups excluding carboxylic acids is 1. The first-order chi connectivity index (χ1) is 15.5. The van der Waals surface area contributed by atoms with Gasteiger partial charge in [0.2, 0.25) is 11.5 Å². The second-order valence-corrected chi connectivity index (χ2v) is 7.35. The molecule has 7 nitrogen and oxygen atoms in total. The first kappa shape index (κ1) is 22.2. The Morgan fingerprint density at radius 3 is 2.48 bits per heavy atom. The quantitative estimate of drug-likeness (QED) is 0.452. The molecule has 1 amide bonds. The zero-order valence-corrected chi connectivity index (χ0v) is 17.3. The molecule has 0 aliphatic carbocycles. The van der Waals surface area contributed by atoms with Gasteiger partial charge in [-0.05, 0) is 42.8 Å². The molecular weight excluding hydrogens is 444 g/mol. The molecule has 4 aromatic rings. The number of anilines is 1. The van der Waals surface area contributed by atoms with Gasteiger partial charge in [0.05, 0.1) is 23.5 Å². The van der Waals surface area contributed by atoms with E-state index in [9.17, 15) is 27.2 Å². The van der Waals surface area contributed by atoms with Gasteiger partial charge >= 0.3 is 6.18 Å². The maximum atomic E-state index is 14.1. The fraction of sp³-hybridized carbons (Fsp3) is 0.182. The molecule has 0 atom stereocenters. The van der Waals surface area contributed by atoms with Crippen molar-refractivity contribution in [2.75, 3.05) is 5.32 Å². The predicted molar refractivity (Wildman–Crippen MR) is 111 cm³/mol. The second-order valence-electron chi connectivity index (χ2n) is 7.35. The largest absolute Gasteiger partial charge is 0.416 e. The van der Waals surface area contributed by atoms with Crippen LogP contribution in [0.3, 0.4) is 0 Å². The van der Waals surface area contributed by atoms with Crippen LogP contribution in [0.5, 0.6) is 0 Å². The SMILES string of the molecule is CC(=O)Nc1cc(-c2nn(Cc3ccc(C(F)(F)F)cc3)c(=O)c3c(C)noc23)ccc1F. The lowest BCUT2D eigenvalue weighted by molar-refractivity contribution is -0.137. The van der Waals surface area contributed by atoms with E-state index < -0.39 is 29.0 Å². The molecule has 0 fully saturated rings. The van der Waals surface area contributed by atoms with Crippen molar-refractivity contribution in [1.29, 1.82) is 0 Å². The van der Waals surface area contributed by atoms with Crippen LogP contribution in [0, 0.1) is 12.7 Å². The van der Waals surface area contributed by atoms with Crippen LogP contribution in [0.4, 0.5) is 23.2 Å². The Hall–Kier alpha value is -4.02. The summed E-state index contributed by atoms with van der Waals surface area (Å²) in [4.78, 5) is 24.4. The molecule has 2 heterocycles. The van der Waals surface area contributed by atoms with E-state index >= 15 is 0 Å². The van der Waals surface area contributed by atoms with Crippen LogP contribution in [-0.4, -0.2) is 20.8 Å². The summed E-state index contributed by atoms with van der Waals surface area (Å²) in [5.74, 6) is -1.15. The lowest BCUT2D eigenvalue weighted by Gasteiger charge is -2.11. The number of hydrogen-bond acceptors (Lipinski definition) is 5. The van der Waals surface area contributed by atoms with E-state index in [4.69, 9.17) is 4.52 Å². The van der Waals surface area contributed by atoms with Crippen molar-refractivity contribution in [1.82, 2.24) is 14.9 Å². The number of alkyl halides is 3. The summed E-state index contributed by atoms with van der Waals surface area (Å²) >= 11 is 0. The third kappa shape index (κ3) is 4.34. The monoisotopic (exact) mass is 460 g/mol. The number of nitrogens with one attached hydrogen (secondary N) is 1. The maximum absolute atomic E-state index is 14.1. The maximum Gasteiger partial charge on any atom is 0.416 e. The molecule has 0 aliphatic rings. The van der Waals surface area contributed by atoms with Crippen molar-refractivity contribution in [3.05, 3.63) is 75.5 Å². The Morgan fingerprint density at radius 1 is 1.15 bits per heavy atom. The molecule has 0 saturated carbocycles. The van der Waals surface area contributed by atoms with Crippen LogP contribution in [0.2, 0.25) is 0 Å². The molecule has 33 heavy (non-hydrogen) atoms. The number of aromatic nitrogens is 3. The minimum Gasteiger partial charge on any atom is -0.353 e.